The van der Waals surface area contributed by atoms with Crippen molar-refractivity contribution in [3.8, 4) is 11.1 Å². The van der Waals surface area contributed by atoms with Gasteiger partial charge in [0.1, 0.15) is 0 Å². The summed E-state index contributed by atoms with van der Waals surface area (Å²) >= 11 is 0. The molecular formula is C25H19B. The minimum Gasteiger partial charge on any atom is -0.0622 e. The summed E-state index contributed by atoms with van der Waals surface area (Å²) in [5.74, 6) is 0. The van der Waals surface area contributed by atoms with Gasteiger partial charge < -0.3 is 0 Å². The summed E-state index contributed by atoms with van der Waals surface area (Å²) in [6, 6.07) is 39.5. The zero-order chi connectivity index (χ0) is 17.8. The van der Waals surface area contributed by atoms with E-state index in [9.17, 15) is 0 Å². The van der Waals surface area contributed by atoms with Crippen molar-refractivity contribution in [3.05, 3.63) is 132 Å². The van der Waals surface area contributed by atoms with Crippen LogP contribution in [0.4, 0.5) is 0 Å². The summed E-state index contributed by atoms with van der Waals surface area (Å²) in [6.07, 6.45) is 0. The molecule has 0 aliphatic heterocycles. The molecule has 0 atom stereocenters. The second-order valence-corrected chi connectivity index (χ2v) is 6.45. The summed E-state index contributed by atoms with van der Waals surface area (Å²) in [4.78, 5) is 0. The lowest BCUT2D eigenvalue weighted by molar-refractivity contribution is 0.880. The molecule has 0 aliphatic carbocycles. The number of hydrogen-bond acceptors (Lipinski definition) is 0. The Bertz CT molecular complexity index is 937. The van der Waals surface area contributed by atoms with Crippen molar-refractivity contribution in [2.24, 2.45) is 0 Å². The van der Waals surface area contributed by atoms with E-state index in [-0.39, 0.29) is 0 Å². The highest BCUT2D eigenvalue weighted by Crippen LogP contribution is 2.40. The molecule has 2 radical (unpaired) electrons. The quantitative estimate of drug-likeness (QED) is 0.327. The van der Waals surface area contributed by atoms with E-state index in [0.29, 0.717) is 0 Å². The Morgan fingerprint density at radius 3 is 1.42 bits per heavy atom. The Morgan fingerprint density at radius 2 is 0.885 bits per heavy atom. The van der Waals surface area contributed by atoms with Crippen LogP contribution >= 0.6 is 0 Å². The van der Waals surface area contributed by atoms with Gasteiger partial charge in [-0.2, -0.15) is 0 Å². The van der Waals surface area contributed by atoms with E-state index in [1.165, 1.54) is 5.56 Å². The van der Waals surface area contributed by atoms with E-state index in [0.717, 1.165) is 22.3 Å². The van der Waals surface area contributed by atoms with Gasteiger partial charge in [-0.15, -0.1) is 0 Å². The monoisotopic (exact) mass is 330 g/mol. The fourth-order valence-corrected chi connectivity index (χ4v) is 3.58. The van der Waals surface area contributed by atoms with Crippen LogP contribution in [0.1, 0.15) is 16.7 Å². The second kappa shape index (κ2) is 7.05. The van der Waals surface area contributed by atoms with Crippen LogP contribution < -0.4 is 0 Å². The van der Waals surface area contributed by atoms with Gasteiger partial charge in [-0.05, 0) is 27.8 Å². The van der Waals surface area contributed by atoms with E-state index in [4.69, 9.17) is 7.85 Å². The molecular weight excluding hydrogens is 311 g/mol. The average Bonchev–Trinajstić information content (AvgIpc) is 2.75. The van der Waals surface area contributed by atoms with Crippen LogP contribution in [0.15, 0.2) is 115 Å². The van der Waals surface area contributed by atoms with Crippen LogP contribution in [0.3, 0.4) is 0 Å². The Balaban J connectivity index is 2.01. The van der Waals surface area contributed by atoms with Crippen molar-refractivity contribution in [1.82, 2.24) is 0 Å². The molecule has 0 aliphatic rings. The first-order valence-electron chi connectivity index (χ1n) is 8.85. The molecule has 0 spiro atoms. The van der Waals surface area contributed by atoms with Gasteiger partial charge in [-0.1, -0.05) is 115 Å². The summed E-state index contributed by atoms with van der Waals surface area (Å²) in [7, 11) is 7.20. The first-order chi connectivity index (χ1) is 12.8. The van der Waals surface area contributed by atoms with Crippen LogP contribution in [0, 0.1) is 0 Å². The molecule has 0 fully saturated rings. The van der Waals surface area contributed by atoms with Gasteiger partial charge in [0.05, 0.1) is 7.85 Å². The van der Waals surface area contributed by atoms with E-state index >= 15 is 0 Å². The predicted octanol–water partition coefficient (Wildman–Crippen LogP) is 5.81. The van der Waals surface area contributed by atoms with Crippen molar-refractivity contribution in [3.63, 3.8) is 0 Å². The molecule has 4 aromatic rings. The molecule has 0 amide bonds. The SMILES string of the molecule is [B]C(c1ccccc1)(c1ccccc1)c1ccccc1-c1ccccc1. The van der Waals surface area contributed by atoms with Gasteiger partial charge in [0.15, 0.2) is 0 Å². The topological polar surface area (TPSA) is 0 Å². The molecule has 26 heavy (non-hydrogen) atoms. The fraction of sp³-hybridized carbons (Fsp3) is 0.0400. The highest BCUT2D eigenvalue weighted by molar-refractivity contribution is 6.21. The lowest BCUT2D eigenvalue weighted by Crippen LogP contribution is -2.30. The summed E-state index contributed by atoms with van der Waals surface area (Å²) < 4.78 is 0. The Morgan fingerprint density at radius 1 is 0.462 bits per heavy atom. The average molecular weight is 330 g/mol. The largest absolute Gasteiger partial charge is 0.0940 e. The third-order valence-corrected chi connectivity index (χ3v) is 4.89. The lowest BCUT2D eigenvalue weighted by Gasteiger charge is -2.34. The van der Waals surface area contributed by atoms with Crippen LogP contribution in [-0.4, -0.2) is 7.85 Å². The molecule has 0 nitrogen and oxygen atoms in total. The van der Waals surface area contributed by atoms with E-state index < -0.39 is 5.31 Å². The molecule has 0 saturated heterocycles. The van der Waals surface area contributed by atoms with Crippen molar-refractivity contribution < 1.29 is 0 Å². The normalized spacial score (nSPS) is 11.2. The van der Waals surface area contributed by atoms with E-state index in [1.807, 2.05) is 42.5 Å². The standard InChI is InChI=1S/C25H19B/c26-25(21-14-6-2-7-15-21,22-16-8-3-9-17-22)24-19-11-10-18-23(24)20-12-4-1-5-13-20/h1-19H. The highest BCUT2D eigenvalue weighted by atomic mass is 14.3. The first-order valence-corrected chi connectivity index (χ1v) is 8.85. The minimum absolute atomic E-state index is 0.727. The predicted molar refractivity (Wildman–Crippen MR) is 110 cm³/mol. The zero-order valence-electron chi connectivity index (χ0n) is 14.5. The van der Waals surface area contributed by atoms with E-state index in [1.54, 1.807) is 0 Å². The van der Waals surface area contributed by atoms with Gasteiger partial charge in [0.2, 0.25) is 0 Å². The fourth-order valence-electron chi connectivity index (χ4n) is 3.58. The number of rotatable bonds is 4. The molecule has 0 aromatic heterocycles. The van der Waals surface area contributed by atoms with Crippen LogP contribution in [0.2, 0.25) is 0 Å². The molecule has 122 valence electrons. The lowest BCUT2D eigenvalue weighted by atomic mass is 9.55. The molecule has 0 bridgehead atoms. The maximum atomic E-state index is 7.20. The maximum Gasteiger partial charge on any atom is 0.0940 e. The minimum atomic E-state index is -0.727. The summed E-state index contributed by atoms with van der Waals surface area (Å²) in [5, 5.41) is -0.727. The molecule has 4 aromatic carbocycles. The molecule has 0 N–H and O–H groups in total. The van der Waals surface area contributed by atoms with E-state index in [2.05, 4.69) is 72.8 Å². The molecule has 0 heterocycles. The third kappa shape index (κ3) is 2.86. The molecule has 4 rings (SSSR count). The molecule has 0 unspecified atom stereocenters. The smallest absolute Gasteiger partial charge is 0.0622 e. The molecule has 1 heteroatoms. The Kier molecular flexibility index (Phi) is 4.45. The van der Waals surface area contributed by atoms with Crippen LogP contribution in [0.5, 0.6) is 0 Å². The van der Waals surface area contributed by atoms with Gasteiger partial charge in [0.25, 0.3) is 0 Å². The van der Waals surface area contributed by atoms with Crippen molar-refractivity contribution in [1.29, 1.82) is 0 Å². The van der Waals surface area contributed by atoms with Crippen LogP contribution in [-0.2, 0) is 5.31 Å². The molecule has 0 saturated carbocycles. The highest BCUT2D eigenvalue weighted by Gasteiger charge is 2.32. The van der Waals surface area contributed by atoms with Gasteiger partial charge in [-0.25, -0.2) is 0 Å². The zero-order valence-corrected chi connectivity index (χ0v) is 14.5. The van der Waals surface area contributed by atoms with Crippen molar-refractivity contribution >= 4 is 7.85 Å². The third-order valence-electron chi connectivity index (χ3n) is 4.89. The summed E-state index contributed by atoms with van der Waals surface area (Å²) in [5.41, 5.74) is 5.58. The van der Waals surface area contributed by atoms with Gasteiger partial charge in [-0.3, -0.25) is 0 Å². The Hall–Kier alpha value is -3.06. The van der Waals surface area contributed by atoms with Gasteiger partial charge >= 0.3 is 0 Å². The second-order valence-electron chi connectivity index (χ2n) is 6.45. The van der Waals surface area contributed by atoms with Crippen molar-refractivity contribution in [2.75, 3.05) is 0 Å². The van der Waals surface area contributed by atoms with Crippen LogP contribution in [0.25, 0.3) is 11.1 Å². The van der Waals surface area contributed by atoms with Gasteiger partial charge in [0, 0.05) is 5.31 Å². The van der Waals surface area contributed by atoms with Crippen molar-refractivity contribution in [2.45, 2.75) is 5.31 Å². The maximum absolute atomic E-state index is 7.20. The number of benzene rings is 4. The Labute approximate surface area is 156 Å². The first kappa shape index (κ1) is 16.4. The number of hydrogen-bond donors (Lipinski definition) is 0. The summed E-state index contributed by atoms with van der Waals surface area (Å²) in [6.45, 7) is 0.